The van der Waals surface area contributed by atoms with E-state index < -0.39 is 0 Å². The fourth-order valence-corrected chi connectivity index (χ4v) is 0.799. The molecular weight excluding hydrogens is 162 g/mol. The lowest BCUT2D eigenvalue weighted by Gasteiger charge is -1.93. The van der Waals surface area contributed by atoms with Crippen LogP contribution in [0, 0.1) is 17.4 Å². The van der Waals surface area contributed by atoms with Gasteiger partial charge in [0.05, 0.1) is 16.7 Å². The van der Waals surface area contributed by atoms with E-state index in [1.165, 1.54) is 12.1 Å². The number of hydrogen-bond acceptors (Lipinski definition) is 2. The van der Waals surface area contributed by atoms with Crippen molar-refractivity contribution >= 4 is 17.9 Å². The summed E-state index contributed by atoms with van der Waals surface area (Å²) >= 11 is 5.58. The highest BCUT2D eigenvalue weighted by atomic mass is 35.5. The van der Waals surface area contributed by atoms with Gasteiger partial charge in [0.1, 0.15) is 0 Å². The van der Waals surface area contributed by atoms with Crippen LogP contribution in [-0.2, 0) is 0 Å². The monoisotopic (exact) mass is 164 g/mol. The number of benzene rings is 1. The molecule has 0 aromatic heterocycles. The number of carbonyl (C=O) groups is 1. The van der Waals surface area contributed by atoms with Crippen molar-refractivity contribution in [3.8, 4) is 6.07 Å². The second-order valence-corrected chi connectivity index (χ2v) is 2.29. The van der Waals surface area contributed by atoms with Crippen LogP contribution in [0.5, 0.6) is 0 Å². The van der Waals surface area contributed by atoms with Gasteiger partial charge in [0, 0.05) is 11.6 Å². The Morgan fingerprint density at radius 3 is 3.00 bits per heavy atom. The van der Waals surface area contributed by atoms with Crippen molar-refractivity contribution < 1.29 is 4.79 Å². The van der Waals surface area contributed by atoms with Gasteiger partial charge in [0.25, 0.3) is 0 Å². The van der Waals surface area contributed by atoms with E-state index in [-0.39, 0.29) is 0 Å². The lowest BCUT2D eigenvalue weighted by atomic mass is 10.1. The summed E-state index contributed by atoms with van der Waals surface area (Å²) in [6.07, 6.45) is 0.608. The second kappa shape index (κ2) is 3.18. The van der Waals surface area contributed by atoms with Crippen molar-refractivity contribution in [1.29, 1.82) is 5.26 Å². The van der Waals surface area contributed by atoms with E-state index in [4.69, 9.17) is 16.9 Å². The molecule has 0 aliphatic heterocycles. The number of carbonyl (C=O) groups excluding carboxylic acids is 1. The average Bonchev–Trinajstić information content (AvgIpc) is 2.05. The first-order chi connectivity index (χ1) is 5.27. The summed E-state index contributed by atoms with van der Waals surface area (Å²) < 4.78 is 0. The van der Waals surface area contributed by atoms with Crippen LogP contribution in [0.1, 0.15) is 15.9 Å². The minimum Gasteiger partial charge on any atom is -0.298 e. The summed E-state index contributed by atoms with van der Waals surface area (Å²) in [6.45, 7) is 0. The summed E-state index contributed by atoms with van der Waals surface area (Å²) in [7, 11) is 0. The molecule has 0 unspecified atom stereocenters. The number of nitrogens with zero attached hydrogens (tertiary/aromatic N) is 1. The predicted molar refractivity (Wildman–Crippen MR) is 40.4 cm³/mol. The SMILES string of the molecule is N#Cc1[c]cc(Cl)c(C=O)c1. The minimum absolute atomic E-state index is 0.316. The Kier molecular flexibility index (Phi) is 2.25. The molecule has 0 saturated carbocycles. The molecule has 2 nitrogen and oxygen atoms in total. The van der Waals surface area contributed by atoms with Crippen LogP contribution >= 0.6 is 11.6 Å². The molecular formula is C8H3ClNO. The molecule has 1 radical (unpaired) electrons. The van der Waals surface area contributed by atoms with Gasteiger partial charge in [-0.25, -0.2) is 0 Å². The Balaban J connectivity index is 3.25. The Hall–Kier alpha value is -1.33. The van der Waals surface area contributed by atoms with Crippen LogP contribution in [0.3, 0.4) is 0 Å². The molecule has 1 aromatic carbocycles. The summed E-state index contributed by atoms with van der Waals surface area (Å²) in [6, 6.07) is 7.27. The standard InChI is InChI=1S/C8H3ClNO/c9-8-2-1-6(4-10)3-7(8)5-11/h2-3,5H. The van der Waals surface area contributed by atoms with Gasteiger partial charge in [-0.05, 0) is 12.1 Å². The largest absolute Gasteiger partial charge is 0.298 e. The Morgan fingerprint density at radius 2 is 2.45 bits per heavy atom. The molecule has 53 valence electrons. The molecule has 0 N–H and O–H groups in total. The van der Waals surface area contributed by atoms with Crippen molar-refractivity contribution in [3.05, 3.63) is 34.3 Å². The van der Waals surface area contributed by atoms with E-state index in [1.54, 1.807) is 0 Å². The first-order valence-corrected chi connectivity index (χ1v) is 3.22. The molecule has 0 heterocycles. The zero-order valence-electron chi connectivity index (χ0n) is 5.47. The van der Waals surface area contributed by atoms with E-state index in [1.807, 2.05) is 6.07 Å². The highest BCUT2D eigenvalue weighted by Gasteiger charge is 1.99. The highest BCUT2D eigenvalue weighted by molar-refractivity contribution is 6.32. The van der Waals surface area contributed by atoms with Crippen LogP contribution in [0.4, 0.5) is 0 Å². The number of hydrogen-bond donors (Lipinski definition) is 0. The first kappa shape index (κ1) is 7.77. The number of aldehydes is 1. The van der Waals surface area contributed by atoms with Crippen molar-refractivity contribution in [2.45, 2.75) is 0 Å². The quantitative estimate of drug-likeness (QED) is 0.594. The summed E-state index contributed by atoms with van der Waals surface area (Å²) in [5, 5.41) is 8.73. The lowest BCUT2D eigenvalue weighted by molar-refractivity contribution is 0.112. The fourth-order valence-electron chi connectivity index (χ4n) is 0.645. The van der Waals surface area contributed by atoms with Crippen LogP contribution in [0.15, 0.2) is 12.1 Å². The van der Waals surface area contributed by atoms with Crippen molar-refractivity contribution in [3.63, 3.8) is 0 Å². The maximum Gasteiger partial charge on any atom is 0.151 e. The average molecular weight is 165 g/mol. The maximum absolute atomic E-state index is 10.3. The zero-order valence-corrected chi connectivity index (χ0v) is 6.22. The molecule has 0 aliphatic carbocycles. The predicted octanol–water partition coefficient (Wildman–Crippen LogP) is 1.82. The Labute approximate surface area is 69.0 Å². The molecule has 0 aliphatic rings. The molecule has 0 atom stereocenters. The van der Waals surface area contributed by atoms with E-state index in [0.29, 0.717) is 22.4 Å². The molecule has 0 fully saturated rings. The number of halogens is 1. The van der Waals surface area contributed by atoms with Crippen molar-refractivity contribution in [2.75, 3.05) is 0 Å². The molecule has 0 amide bonds. The normalized spacial score (nSPS) is 8.73. The van der Waals surface area contributed by atoms with Gasteiger partial charge < -0.3 is 0 Å². The highest BCUT2D eigenvalue weighted by Crippen LogP contribution is 2.14. The van der Waals surface area contributed by atoms with Gasteiger partial charge >= 0.3 is 0 Å². The van der Waals surface area contributed by atoms with Crippen molar-refractivity contribution in [2.24, 2.45) is 0 Å². The second-order valence-electron chi connectivity index (χ2n) is 1.88. The van der Waals surface area contributed by atoms with Gasteiger partial charge in [-0.3, -0.25) is 4.79 Å². The summed E-state index contributed by atoms with van der Waals surface area (Å²) in [4.78, 5) is 10.3. The topological polar surface area (TPSA) is 40.9 Å². The van der Waals surface area contributed by atoms with Gasteiger partial charge in [0.15, 0.2) is 6.29 Å². The number of rotatable bonds is 1. The maximum atomic E-state index is 10.3. The molecule has 3 heteroatoms. The van der Waals surface area contributed by atoms with Crippen molar-refractivity contribution in [1.82, 2.24) is 0 Å². The summed E-state index contributed by atoms with van der Waals surface area (Å²) in [5.74, 6) is 0. The third kappa shape index (κ3) is 1.57. The smallest absolute Gasteiger partial charge is 0.151 e. The molecule has 1 aromatic rings. The van der Waals surface area contributed by atoms with Crippen LogP contribution in [0.25, 0.3) is 0 Å². The van der Waals surface area contributed by atoms with Gasteiger partial charge in [-0.1, -0.05) is 11.6 Å². The fraction of sp³-hybridized carbons (Fsp3) is 0. The molecule has 0 bridgehead atoms. The van der Waals surface area contributed by atoms with E-state index in [9.17, 15) is 4.79 Å². The Morgan fingerprint density at radius 1 is 1.73 bits per heavy atom. The first-order valence-electron chi connectivity index (χ1n) is 2.84. The third-order valence-corrected chi connectivity index (χ3v) is 1.50. The van der Waals surface area contributed by atoms with Gasteiger partial charge in [-0.15, -0.1) is 0 Å². The van der Waals surface area contributed by atoms with Gasteiger partial charge in [-0.2, -0.15) is 5.26 Å². The molecule has 0 saturated heterocycles. The van der Waals surface area contributed by atoms with Crippen LogP contribution in [-0.4, -0.2) is 6.29 Å². The molecule has 1 rings (SSSR count). The van der Waals surface area contributed by atoms with Gasteiger partial charge in [0.2, 0.25) is 0 Å². The number of nitriles is 1. The third-order valence-electron chi connectivity index (χ3n) is 1.18. The zero-order chi connectivity index (χ0) is 8.27. The van der Waals surface area contributed by atoms with E-state index in [0.717, 1.165) is 0 Å². The molecule has 0 spiro atoms. The summed E-state index contributed by atoms with van der Waals surface area (Å²) in [5.41, 5.74) is 0.637. The lowest BCUT2D eigenvalue weighted by Crippen LogP contribution is -1.83. The van der Waals surface area contributed by atoms with E-state index >= 15 is 0 Å². The van der Waals surface area contributed by atoms with Crippen LogP contribution < -0.4 is 0 Å². The Bertz CT molecular complexity index is 327. The minimum atomic E-state index is 0.316. The molecule has 11 heavy (non-hydrogen) atoms. The van der Waals surface area contributed by atoms with E-state index in [2.05, 4.69) is 6.07 Å². The van der Waals surface area contributed by atoms with Crippen LogP contribution in [0.2, 0.25) is 5.02 Å².